The average molecular weight is 343 g/mol. The minimum atomic E-state index is -0.705. The Bertz CT molecular complexity index is 833. The van der Waals surface area contributed by atoms with E-state index in [1.807, 2.05) is 26.0 Å². The molecule has 130 valence electrons. The van der Waals surface area contributed by atoms with E-state index in [1.165, 1.54) is 18.2 Å². The second-order valence-corrected chi connectivity index (χ2v) is 5.32. The lowest BCUT2D eigenvalue weighted by Gasteiger charge is -2.08. The number of nitro groups is 1. The molecule has 8 nitrogen and oxygen atoms in total. The second kappa shape index (κ2) is 7.91. The summed E-state index contributed by atoms with van der Waals surface area (Å²) in [5, 5.41) is 24.2. The van der Waals surface area contributed by atoms with Crippen LogP contribution in [0.3, 0.4) is 0 Å². The zero-order valence-corrected chi connectivity index (χ0v) is 13.7. The van der Waals surface area contributed by atoms with Gasteiger partial charge in [-0.05, 0) is 31.5 Å². The molecule has 0 atom stereocenters. The van der Waals surface area contributed by atoms with Gasteiger partial charge in [-0.2, -0.15) is 5.10 Å². The number of aromatic hydroxyl groups is 1. The Kier molecular flexibility index (Phi) is 5.67. The molecular weight excluding hydrogens is 326 g/mol. The minimum absolute atomic E-state index is 0.116. The van der Waals surface area contributed by atoms with Gasteiger partial charge in [0.25, 0.3) is 5.91 Å². The van der Waals surface area contributed by atoms with E-state index in [2.05, 4.69) is 10.5 Å². The molecule has 0 spiro atoms. The summed E-state index contributed by atoms with van der Waals surface area (Å²) in [5.74, 6) is -0.417. The molecule has 0 heterocycles. The number of phenols is 1. The number of carbonyl (C=O) groups excluding carboxylic acids is 1. The fraction of sp³-hybridized carbons (Fsp3) is 0.176. The number of ether oxygens (including phenoxy) is 1. The molecule has 1 amide bonds. The largest absolute Gasteiger partial charge is 0.502 e. The fourth-order valence-electron chi connectivity index (χ4n) is 2.11. The molecule has 0 unspecified atom stereocenters. The van der Waals surface area contributed by atoms with Gasteiger partial charge in [0.1, 0.15) is 5.75 Å². The Hall–Kier alpha value is -3.42. The third-order valence-electron chi connectivity index (χ3n) is 3.32. The van der Waals surface area contributed by atoms with Crippen LogP contribution in [0.5, 0.6) is 11.5 Å². The van der Waals surface area contributed by atoms with E-state index in [9.17, 15) is 20.0 Å². The third kappa shape index (κ3) is 4.77. The highest BCUT2D eigenvalue weighted by Gasteiger charge is 2.15. The van der Waals surface area contributed by atoms with Crippen LogP contribution in [0, 0.1) is 24.0 Å². The van der Waals surface area contributed by atoms with Crippen LogP contribution in [0.2, 0.25) is 0 Å². The molecule has 0 fully saturated rings. The van der Waals surface area contributed by atoms with E-state index >= 15 is 0 Å². The molecule has 2 aromatic rings. The van der Waals surface area contributed by atoms with Gasteiger partial charge in [0.15, 0.2) is 6.61 Å². The molecule has 0 saturated heterocycles. The molecule has 0 saturated carbocycles. The molecule has 8 heteroatoms. The van der Waals surface area contributed by atoms with Gasteiger partial charge in [0.2, 0.25) is 5.75 Å². The number of benzene rings is 2. The van der Waals surface area contributed by atoms with E-state index in [1.54, 1.807) is 6.07 Å². The van der Waals surface area contributed by atoms with Crippen molar-refractivity contribution in [3.05, 3.63) is 63.2 Å². The van der Waals surface area contributed by atoms with Crippen molar-refractivity contribution in [2.45, 2.75) is 13.8 Å². The molecule has 2 N–H and O–H groups in total. The van der Waals surface area contributed by atoms with E-state index < -0.39 is 22.3 Å². The number of phenolic OH excluding ortho intramolecular Hbond substituents is 1. The predicted octanol–water partition coefficient (Wildman–Crippen LogP) is 2.45. The first-order chi connectivity index (χ1) is 11.9. The number of para-hydroxylation sites is 1. The summed E-state index contributed by atoms with van der Waals surface area (Å²) in [6, 6.07) is 9.61. The molecule has 0 bridgehead atoms. The summed E-state index contributed by atoms with van der Waals surface area (Å²) in [6.45, 7) is 3.60. The summed E-state index contributed by atoms with van der Waals surface area (Å²) in [4.78, 5) is 21.8. The van der Waals surface area contributed by atoms with Crippen molar-refractivity contribution >= 4 is 17.8 Å². The van der Waals surface area contributed by atoms with E-state index in [-0.39, 0.29) is 12.2 Å². The quantitative estimate of drug-likeness (QED) is 0.475. The lowest BCUT2D eigenvalue weighted by molar-refractivity contribution is -0.385. The highest BCUT2D eigenvalue weighted by molar-refractivity contribution is 5.87. The summed E-state index contributed by atoms with van der Waals surface area (Å²) >= 11 is 0. The van der Waals surface area contributed by atoms with Crippen molar-refractivity contribution < 1.29 is 19.6 Å². The van der Waals surface area contributed by atoms with Crippen molar-refractivity contribution in [1.82, 2.24) is 5.43 Å². The van der Waals surface area contributed by atoms with Crippen LogP contribution in [0.4, 0.5) is 5.69 Å². The fourth-order valence-corrected chi connectivity index (χ4v) is 2.11. The van der Waals surface area contributed by atoms with E-state index in [4.69, 9.17) is 4.74 Å². The van der Waals surface area contributed by atoms with E-state index in [0.717, 1.165) is 17.3 Å². The molecule has 0 aromatic heterocycles. The summed E-state index contributed by atoms with van der Waals surface area (Å²) in [6.07, 6.45) is 1.12. The van der Waals surface area contributed by atoms with Gasteiger partial charge in [-0.15, -0.1) is 0 Å². The molecule has 0 radical (unpaired) electrons. The Morgan fingerprint density at radius 2 is 2.12 bits per heavy atom. The SMILES string of the molecule is Cc1ccc(OCC(=O)N/N=C/c2cccc([N+](=O)[O-])c2O)c(C)c1. The van der Waals surface area contributed by atoms with Crippen molar-refractivity contribution in [1.29, 1.82) is 0 Å². The lowest BCUT2D eigenvalue weighted by atomic mass is 10.1. The Morgan fingerprint density at radius 3 is 2.80 bits per heavy atom. The van der Waals surface area contributed by atoms with Crippen LogP contribution < -0.4 is 10.2 Å². The first kappa shape index (κ1) is 17.9. The number of amides is 1. The molecular formula is C17H17N3O5. The van der Waals surface area contributed by atoms with Gasteiger partial charge in [-0.25, -0.2) is 5.43 Å². The molecule has 25 heavy (non-hydrogen) atoms. The normalized spacial score (nSPS) is 10.6. The first-order valence-electron chi connectivity index (χ1n) is 7.37. The molecule has 0 aliphatic heterocycles. The Morgan fingerprint density at radius 1 is 1.36 bits per heavy atom. The highest BCUT2D eigenvalue weighted by Crippen LogP contribution is 2.27. The number of rotatable bonds is 6. The van der Waals surface area contributed by atoms with Crippen LogP contribution in [0.15, 0.2) is 41.5 Å². The van der Waals surface area contributed by atoms with Crippen LogP contribution in [-0.2, 0) is 4.79 Å². The van der Waals surface area contributed by atoms with Crippen LogP contribution in [0.1, 0.15) is 16.7 Å². The number of hydrogen-bond acceptors (Lipinski definition) is 6. The summed E-state index contributed by atoms with van der Waals surface area (Å²) in [7, 11) is 0. The highest BCUT2D eigenvalue weighted by atomic mass is 16.6. The average Bonchev–Trinajstić information content (AvgIpc) is 2.55. The van der Waals surface area contributed by atoms with Crippen LogP contribution in [0.25, 0.3) is 0 Å². The Balaban J connectivity index is 1.93. The summed E-state index contributed by atoms with van der Waals surface area (Å²) in [5.41, 5.74) is 3.92. The van der Waals surface area contributed by atoms with Gasteiger partial charge in [0.05, 0.1) is 11.1 Å². The van der Waals surface area contributed by atoms with Gasteiger partial charge in [-0.1, -0.05) is 23.8 Å². The van der Waals surface area contributed by atoms with Gasteiger partial charge in [0, 0.05) is 11.6 Å². The number of carbonyl (C=O) groups is 1. The van der Waals surface area contributed by atoms with Gasteiger partial charge in [-0.3, -0.25) is 14.9 Å². The van der Waals surface area contributed by atoms with Crippen LogP contribution >= 0.6 is 0 Å². The van der Waals surface area contributed by atoms with Crippen molar-refractivity contribution in [3.63, 3.8) is 0 Å². The van der Waals surface area contributed by atoms with Gasteiger partial charge >= 0.3 is 5.69 Å². The maximum Gasteiger partial charge on any atom is 0.311 e. The monoisotopic (exact) mass is 343 g/mol. The first-order valence-corrected chi connectivity index (χ1v) is 7.37. The molecule has 2 aromatic carbocycles. The van der Waals surface area contributed by atoms with Crippen molar-refractivity contribution in [3.8, 4) is 11.5 Å². The smallest absolute Gasteiger partial charge is 0.311 e. The third-order valence-corrected chi connectivity index (χ3v) is 3.32. The van der Waals surface area contributed by atoms with E-state index in [0.29, 0.717) is 5.75 Å². The molecule has 0 aliphatic rings. The number of hydrazone groups is 1. The molecule has 2 rings (SSSR count). The molecule has 0 aliphatic carbocycles. The lowest BCUT2D eigenvalue weighted by Crippen LogP contribution is -2.24. The van der Waals surface area contributed by atoms with Crippen molar-refractivity contribution in [2.75, 3.05) is 6.61 Å². The zero-order valence-electron chi connectivity index (χ0n) is 13.7. The predicted molar refractivity (Wildman–Crippen MR) is 91.9 cm³/mol. The Labute approximate surface area is 143 Å². The summed E-state index contributed by atoms with van der Waals surface area (Å²) < 4.78 is 5.41. The van der Waals surface area contributed by atoms with Crippen LogP contribution in [-0.4, -0.2) is 28.8 Å². The number of nitrogens with one attached hydrogen (secondary N) is 1. The van der Waals surface area contributed by atoms with Gasteiger partial charge < -0.3 is 9.84 Å². The number of nitro benzene ring substituents is 1. The topological polar surface area (TPSA) is 114 Å². The minimum Gasteiger partial charge on any atom is -0.502 e. The zero-order chi connectivity index (χ0) is 18.4. The second-order valence-electron chi connectivity index (χ2n) is 5.32. The number of hydrogen-bond donors (Lipinski definition) is 2. The maximum atomic E-state index is 11.7. The maximum absolute atomic E-state index is 11.7. The number of nitrogens with zero attached hydrogens (tertiary/aromatic N) is 2. The van der Waals surface area contributed by atoms with Crippen molar-refractivity contribution in [2.24, 2.45) is 5.10 Å². The standard InChI is InChI=1S/C17H17N3O5/c1-11-6-7-15(12(2)8-11)25-10-16(21)19-18-9-13-4-3-5-14(17(13)22)20(23)24/h3-9,22H,10H2,1-2H3,(H,19,21)/b18-9+. The number of aryl methyl sites for hydroxylation is 2.